The molecule has 122 valence electrons. The summed E-state index contributed by atoms with van der Waals surface area (Å²) in [6.45, 7) is 3.81. The van der Waals surface area contributed by atoms with Gasteiger partial charge in [0.1, 0.15) is 13.2 Å². The number of fused-ring (bicyclic) bond motifs is 1. The first-order valence-corrected chi connectivity index (χ1v) is 8.88. The molecule has 0 spiro atoms. The third kappa shape index (κ3) is 3.85. The molecular formula is C18H21NO3S. The molecule has 0 N–H and O–H groups in total. The highest BCUT2D eigenvalue weighted by atomic mass is 32.1. The van der Waals surface area contributed by atoms with E-state index >= 15 is 0 Å². The molecule has 3 rings (SSSR count). The lowest BCUT2D eigenvalue weighted by Gasteiger charge is -2.25. The first kappa shape index (κ1) is 15.9. The van der Waals surface area contributed by atoms with Crippen molar-refractivity contribution >= 4 is 22.9 Å². The van der Waals surface area contributed by atoms with E-state index in [1.807, 2.05) is 34.5 Å². The summed E-state index contributed by atoms with van der Waals surface area (Å²) in [6.07, 6.45) is 2.49. The van der Waals surface area contributed by atoms with Crippen molar-refractivity contribution < 1.29 is 14.3 Å². The molecule has 0 aliphatic carbocycles. The molecular weight excluding hydrogens is 310 g/mol. The topological polar surface area (TPSA) is 38.8 Å². The molecule has 5 heteroatoms. The number of carbonyl (C=O) groups excluding carboxylic acids is 1. The summed E-state index contributed by atoms with van der Waals surface area (Å²) in [7, 11) is 0. The van der Waals surface area contributed by atoms with Crippen molar-refractivity contribution in [2.75, 3.05) is 18.1 Å². The molecule has 0 atom stereocenters. The van der Waals surface area contributed by atoms with Gasteiger partial charge in [-0.05, 0) is 30.0 Å². The number of ether oxygens (including phenoxy) is 2. The van der Waals surface area contributed by atoms with Crippen LogP contribution in [0.15, 0.2) is 35.7 Å². The van der Waals surface area contributed by atoms with Gasteiger partial charge in [-0.15, -0.1) is 11.3 Å². The molecule has 2 aromatic rings. The highest BCUT2D eigenvalue weighted by molar-refractivity contribution is 7.09. The van der Waals surface area contributed by atoms with Gasteiger partial charge in [0, 0.05) is 23.1 Å². The van der Waals surface area contributed by atoms with E-state index in [1.54, 1.807) is 11.3 Å². The summed E-state index contributed by atoms with van der Waals surface area (Å²) in [5, 5.41) is 2.04. The summed E-state index contributed by atoms with van der Waals surface area (Å²) in [4.78, 5) is 15.7. The molecule has 23 heavy (non-hydrogen) atoms. The number of rotatable bonds is 6. The molecule has 0 fully saturated rings. The number of thiophene rings is 1. The van der Waals surface area contributed by atoms with Gasteiger partial charge in [-0.3, -0.25) is 4.79 Å². The smallest absolute Gasteiger partial charge is 0.227 e. The lowest BCUT2D eigenvalue weighted by molar-refractivity contribution is -0.118. The fraction of sp³-hybridized carbons (Fsp3) is 0.389. The van der Waals surface area contributed by atoms with Gasteiger partial charge in [-0.25, -0.2) is 0 Å². The van der Waals surface area contributed by atoms with Crippen LogP contribution < -0.4 is 14.4 Å². The summed E-state index contributed by atoms with van der Waals surface area (Å²) < 4.78 is 11.2. The number of nitrogens with zero attached hydrogens (tertiary/aromatic N) is 1. The standard InChI is InChI=1S/C18H21NO3S/c1-2-3-6-18(20)19(13-15-5-4-11-23-15)14-7-8-16-17(12-14)22-10-9-21-16/h4-5,7-8,11-12H,2-3,6,9-10,13H2,1H3. The molecule has 0 bridgehead atoms. The average Bonchev–Trinajstić information content (AvgIpc) is 3.10. The van der Waals surface area contributed by atoms with E-state index in [-0.39, 0.29) is 5.91 Å². The maximum Gasteiger partial charge on any atom is 0.227 e. The van der Waals surface area contributed by atoms with Crippen LogP contribution in [0, 0.1) is 0 Å². The minimum absolute atomic E-state index is 0.150. The van der Waals surface area contributed by atoms with E-state index in [9.17, 15) is 4.79 Å². The van der Waals surface area contributed by atoms with Crippen LogP contribution in [0.5, 0.6) is 11.5 Å². The van der Waals surface area contributed by atoms with Crippen LogP contribution in [0.2, 0.25) is 0 Å². The van der Waals surface area contributed by atoms with Crippen LogP contribution in [0.3, 0.4) is 0 Å². The van der Waals surface area contributed by atoms with Gasteiger partial charge < -0.3 is 14.4 Å². The number of carbonyl (C=O) groups is 1. The fourth-order valence-electron chi connectivity index (χ4n) is 2.54. The predicted octanol–water partition coefficient (Wildman–Crippen LogP) is 4.24. The normalized spacial score (nSPS) is 12.9. The Labute approximate surface area is 140 Å². The zero-order chi connectivity index (χ0) is 16.1. The van der Waals surface area contributed by atoms with Crippen LogP contribution in [0.4, 0.5) is 5.69 Å². The molecule has 0 saturated carbocycles. The molecule has 1 amide bonds. The zero-order valence-corrected chi connectivity index (χ0v) is 14.1. The van der Waals surface area contributed by atoms with Crippen LogP contribution in [-0.2, 0) is 11.3 Å². The van der Waals surface area contributed by atoms with Crippen molar-refractivity contribution in [1.82, 2.24) is 0 Å². The second kappa shape index (κ2) is 7.51. The van der Waals surface area contributed by atoms with E-state index in [4.69, 9.17) is 9.47 Å². The average molecular weight is 331 g/mol. The van der Waals surface area contributed by atoms with E-state index in [2.05, 4.69) is 13.0 Å². The van der Waals surface area contributed by atoms with Crippen LogP contribution in [-0.4, -0.2) is 19.1 Å². The Morgan fingerprint density at radius 2 is 2.04 bits per heavy atom. The quantitative estimate of drug-likeness (QED) is 0.794. The summed E-state index contributed by atoms with van der Waals surface area (Å²) >= 11 is 1.67. The number of unbranched alkanes of at least 4 members (excludes halogenated alkanes) is 1. The molecule has 0 radical (unpaired) electrons. The summed E-state index contributed by atoms with van der Waals surface area (Å²) in [5.74, 6) is 1.61. The Balaban J connectivity index is 1.85. The van der Waals surface area contributed by atoms with Crippen molar-refractivity contribution in [3.05, 3.63) is 40.6 Å². The highest BCUT2D eigenvalue weighted by Gasteiger charge is 2.19. The third-order valence-corrected chi connectivity index (χ3v) is 4.64. The first-order valence-electron chi connectivity index (χ1n) is 8.00. The van der Waals surface area contributed by atoms with Gasteiger partial charge in [0.2, 0.25) is 5.91 Å². The number of hydrogen-bond donors (Lipinski definition) is 0. The molecule has 1 aliphatic rings. The Morgan fingerprint density at radius 1 is 1.22 bits per heavy atom. The second-order valence-electron chi connectivity index (χ2n) is 5.49. The van der Waals surface area contributed by atoms with E-state index in [0.29, 0.717) is 31.9 Å². The Kier molecular flexibility index (Phi) is 5.18. The van der Waals surface area contributed by atoms with Crippen molar-refractivity contribution in [1.29, 1.82) is 0 Å². The summed E-state index contributed by atoms with van der Waals surface area (Å²) in [6, 6.07) is 9.80. The number of amides is 1. The van der Waals surface area contributed by atoms with Gasteiger partial charge in [-0.2, -0.15) is 0 Å². The second-order valence-corrected chi connectivity index (χ2v) is 6.52. The number of hydrogen-bond acceptors (Lipinski definition) is 4. The Morgan fingerprint density at radius 3 is 2.78 bits per heavy atom. The van der Waals surface area contributed by atoms with Crippen LogP contribution in [0.1, 0.15) is 31.1 Å². The van der Waals surface area contributed by atoms with Crippen molar-refractivity contribution in [3.8, 4) is 11.5 Å². The third-order valence-electron chi connectivity index (χ3n) is 3.78. The van der Waals surface area contributed by atoms with Crippen molar-refractivity contribution in [2.24, 2.45) is 0 Å². The monoisotopic (exact) mass is 331 g/mol. The lowest BCUT2D eigenvalue weighted by atomic mass is 10.2. The van der Waals surface area contributed by atoms with Crippen molar-refractivity contribution in [3.63, 3.8) is 0 Å². The molecule has 1 aromatic carbocycles. The maximum atomic E-state index is 12.7. The Bertz CT molecular complexity index is 654. The molecule has 2 heterocycles. The highest BCUT2D eigenvalue weighted by Crippen LogP contribution is 2.35. The van der Waals surface area contributed by atoms with Crippen molar-refractivity contribution in [2.45, 2.75) is 32.7 Å². The van der Waals surface area contributed by atoms with E-state index in [0.717, 1.165) is 24.3 Å². The van der Waals surface area contributed by atoms with E-state index in [1.165, 1.54) is 4.88 Å². The van der Waals surface area contributed by atoms with Gasteiger partial charge in [0.05, 0.1) is 6.54 Å². The van der Waals surface area contributed by atoms with Gasteiger partial charge in [0.25, 0.3) is 0 Å². The molecule has 4 nitrogen and oxygen atoms in total. The number of anilines is 1. The Hall–Kier alpha value is -2.01. The van der Waals surface area contributed by atoms with Gasteiger partial charge in [-0.1, -0.05) is 19.4 Å². The van der Waals surface area contributed by atoms with Crippen LogP contribution >= 0.6 is 11.3 Å². The lowest BCUT2D eigenvalue weighted by Crippen LogP contribution is -2.30. The van der Waals surface area contributed by atoms with Gasteiger partial charge in [0.15, 0.2) is 11.5 Å². The minimum Gasteiger partial charge on any atom is -0.486 e. The fourth-order valence-corrected chi connectivity index (χ4v) is 3.24. The SMILES string of the molecule is CCCCC(=O)N(Cc1cccs1)c1ccc2c(c1)OCCO2. The largest absolute Gasteiger partial charge is 0.486 e. The zero-order valence-electron chi connectivity index (χ0n) is 13.3. The van der Waals surface area contributed by atoms with Gasteiger partial charge >= 0.3 is 0 Å². The van der Waals surface area contributed by atoms with Crippen LogP contribution in [0.25, 0.3) is 0 Å². The molecule has 1 aliphatic heterocycles. The maximum absolute atomic E-state index is 12.7. The molecule has 0 unspecified atom stereocenters. The molecule has 1 aromatic heterocycles. The summed E-state index contributed by atoms with van der Waals surface area (Å²) in [5.41, 5.74) is 0.865. The predicted molar refractivity (Wildman–Crippen MR) is 92.5 cm³/mol. The minimum atomic E-state index is 0.150. The first-order chi connectivity index (χ1) is 11.3. The number of benzene rings is 1. The molecule has 0 saturated heterocycles. The van der Waals surface area contributed by atoms with E-state index < -0.39 is 0 Å².